The van der Waals surface area contributed by atoms with Gasteiger partial charge >= 0.3 is 0 Å². The third kappa shape index (κ3) is 5.08. The highest BCUT2D eigenvalue weighted by Crippen LogP contribution is 2.30. The summed E-state index contributed by atoms with van der Waals surface area (Å²) in [5.41, 5.74) is 3.60. The minimum absolute atomic E-state index is 0.0764. The Morgan fingerprint density at radius 1 is 1.15 bits per heavy atom. The number of amides is 1. The van der Waals surface area contributed by atoms with E-state index in [0.717, 1.165) is 52.0 Å². The smallest absolute Gasteiger partial charge is 0.243 e. The molecule has 1 aromatic heterocycles. The Balaban J connectivity index is 1.53. The molecule has 2 aromatic carbocycles. The van der Waals surface area contributed by atoms with Gasteiger partial charge in [-0.1, -0.05) is 36.9 Å². The highest BCUT2D eigenvalue weighted by Gasteiger charge is 2.27. The molecule has 0 saturated carbocycles. The molecule has 1 amide bonds. The van der Waals surface area contributed by atoms with Gasteiger partial charge in [-0.05, 0) is 74.6 Å². The summed E-state index contributed by atoms with van der Waals surface area (Å²) >= 11 is 1.39. The molecule has 0 aliphatic carbocycles. The second-order valence-corrected chi connectivity index (χ2v) is 11.6. The average molecular weight is 484 g/mol. The molecule has 1 aliphatic heterocycles. The van der Waals surface area contributed by atoms with Gasteiger partial charge in [-0.15, -0.1) is 0 Å². The summed E-state index contributed by atoms with van der Waals surface area (Å²) in [6.45, 7) is 7.03. The molecule has 1 N–H and O–H groups in total. The number of anilines is 1. The minimum Gasteiger partial charge on any atom is -0.325 e. The van der Waals surface area contributed by atoms with Crippen molar-refractivity contribution in [1.82, 2.24) is 9.29 Å². The number of nitrogens with zero attached hydrogens (tertiary/aromatic N) is 2. The monoisotopic (exact) mass is 483 g/mol. The van der Waals surface area contributed by atoms with Crippen molar-refractivity contribution < 1.29 is 13.2 Å². The normalized spacial score (nSPS) is 15.6. The Labute approximate surface area is 199 Å². The number of rotatable bonds is 7. The van der Waals surface area contributed by atoms with Crippen LogP contribution in [0, 0.1) is 6.92 Å². The number of hydrogen-bond acceptors (Lipinski definition) is 5. The maximum atomic E-state index is 12.9. The number of hydrogen-bond donors (Lipinski definition) is 1. The standard InChI is InChI=1S/C25H29N3O3S2/c1-4-19-9-5-6-10-22(19)27-25(29)18(3)32-24-15-17(2)21-16-20(11-12-23(21)26-24)33(30,31)28-13-7-8-14-28/h5-6,9-12,15-16,18H,4,7-8,13-14H2,1-3H3,(H,27,29)/t18-/m0/s1. The summed E-state index contributed by atoms with van der Waals surface area (Å²) in [4.78, 5) is 17.8. The van der Waals surface area contributed by atoms with Crippen LogP contribution in [0.4, 0.5) is 5.69 Å². The number of fused-ring (bicyclic) bond motifs is 1. The molecule has 8 heteroatoms. The highest BCUT2D eigenvalue weighted by atomic mass is 32.2. The Kier molecular flexibility index (Phi) is 7.07. The van der Waals surface area contributed by atoms with Crippen molar-refractivity contribution in [2.45, 2.75) is 55.2 Å². The van der Waals surface area contributed by atoms with Crippen LogP contribution in [0.25, 0.3) is 10.9 Å². The number of para-hydroxylation sites is 1. The Hall–Kier alpha value is -2.42. The molecule has 0 radical (unpaired) electrons. The molecule has 6 nitrogen and oxygen atoms in total. The number of benzene rings is 2. The lowest BCUT2D eigenvalue weighted by Crippen LogP contribution is -2.27. The van der Waals surface area contributed by atoms with Gasteiger partial charge in [0.2, 0.25) is 15.9 Å². The van der Waals surface area contributed by atoms with Gasteiger partial charge in [-0.25, -0.2) is 13.4 Å². The molecular formula is C25H29N3O3S2. The zero-order valence-electron chi connectivity index (χ0n) is 19.2. The molecule has 33 heavy (non-hydrogen) atoms. The first-order chi connectivity index (χ1) is 15.8. The SMILES string of the molecule is CCc1ccccc1NC(=O)[C@H](C)Sc1cc(C)c2cc(S(=O)(=O)N3CCCC3)ccc2n1. The fourth-order valence-corrected chi connectivity index (χ4v) is 6.53. The second kappa shape index (κ2) is 9.83. The maximum absolute atomic E-state index is 12.9. The van der Waals surface area contributed by atoms with Crippen LogP contribution < -0.4 is 5.32 Å². The molecule has 174 valence electrons. The lowest BCUT2D eigenvalue weighted by Gasteiger charge is -2.17. The van der Waals surface area contributed by atoms with Crippen LogP contribution in [-0.4, -0.2) is 42.0 Å². The van der Waals surface area contributed by atoms with Gasteiger partial charge in [0, 0.05) is 24.2 Å². The summed E-state index contributed by atoms with van der Waals surface area (Å²) in [5, 5.41) is 4.24. The molecule has 0 bridgehead atoms. The van der Waals surface area contributed by atoms with E-state index in [4.69, 9.17) is 4.98 Å². The van der Waals surface area contributed by atoms with E-state index in [2.05, 4.69) is 12.2 Å². The van der Waals surface area contributed by atoms with Gasteiger partial charge in [0.1, 0.15) is 0 Å². The van der Waals surface area contributed by atoms with Crippen LogP contribution >= 0.6 is 11.8 Å². The lowest BCUT2D eigenvalue weighted by molar-refractivity contribution is -0.115. The van der Waals surface area contributed by atoms with E-state index in [1.165, 1.54) is 11.8 Å². The third-order valence-corrected chi connectivity index (χ3v) is 8.90. The van der Waals surface area contributed by atoms with E-state index in [1.54, 1.807) is 22.5 Å². The zero-order valence-corrected chi connectivity index (χ0v) is 20.8. The first kappa shape index (κ1) is 23.7. The predicted molar refractivity (Wildman–Crippen MR) is 134 cm³/mol. The largest absolute Gasteiger partial charge is 0.325 e. The van der Waals surface area contributed by atoms with Gasteiger partial charge in [-0.2, -0.15) is 4.31 Å². The lowest BCUT2D eigenvalue weighted by atomic mass is 10.1. The molecule has 0 spiro atoms. The number of aromatic nitrogens is 1. The van der Waals surface area contributed by atoms with E-state index in [1.807, 2.05) is 44.2 Å². The number of carbonyl (C=O) groups excluding carboxylic acids is 1. The fraction of sp³-hybridized carbons (Fsp3) is 0.360. The zero-order chi connectivity index (χ0) is 23.6. The van der Waals surface area contributed by atoms with Crippen LogP contribution in [0.3, 0.4) is 0 Å². The van der Waals surface area contributed by atoms with E-state index < -0.39 is 10.0 Å². The molecule has 1 fully saturated rings. The molecule has 1 atom stereocenters. The van der Waals surface area contributed by atoms with Crippen molar-refractivity contribution >= 4 is 44.3 Å². The van der Waals surface area contributed by atoms with E-state index in [9.17, 15) is 13.2 Å². The third-order valence-electron chi connectivity index (χ3n) is 5.99. The molecule has 3 aromatic rings. The quantitative estimate of drug-likeness (QED) is 0.478. The summed E-state index contributed by atoms with van der Waals surface area (Å²) < 4.78 is 27.4. The second-order valence-electron chi connectivity index (χ2n) is 8.33. The average Bonchev–Trinajstić information content (AvgIpc) is 3.35. The number of thioether (sulfide) groups is 1. The maximum Gasteiger partial charge on any atom is 0.243 e. The van der Waals surface area contributed by atoms with Crippen molar-refractivity contribution in [1.29, 1.82) is 0 Å². The Bertz CT molecular complexity index is 1290. The topological polar surface area (TPSA) is 79.4 Å². The summed E-state index contributed by atoms with van der Waals surface area (Å²) in [7, 11) is -3.48. The van der Waals surface area contributed by atoms with Gasteiger partial charge in [0.25, 0.3) is 0 Å². The molecule has 4 rings (SSSR count). The number of pyridine rings is 1. The fourth-order valence-electron chi connectivity index (χ4n) is 4.06. The minimum atomic E-state index is -3.48. The summed E-state index contributed by atoms with van der Waals surface area (Å²) in [6, 6.07) is 14.8. The molecule has 1 aliphatic rings. The Morgan fingerprint density at radius 3 is 2.61 bits per heavy atom. The Morgan fingerprint density at radius 2 is 1.88 bits per heavy atom. The molecule has 2 heterocycles. The van der Waals surface area contributed by atoms with Crippen LogP contribution in [-0.2, 0) is 21.2 Å². The first-order valence-electron chi connectivity index (χ1n) is 11.3. The van der Waals surface area contributed by atoms with Crippen LogP contribution in [0.1, 0.15) is 37.8 Å². The van der Waals surface area contributed by atoms with Crippen molar-refractivity contribution in [3.8, 4) is 0 Å². The number of sulfonamides is 1. The van der Waals surface area contributed by atoms with E-state index >= 15 is 0 Å². The van der Waals surface area contributed by atoms with Crippen molar-refractivity contribution in [3.63, 3.8) is 0 Å². The van der Waals surface area contributed by atoms with Gasteiger partial charge in [0.05, 0.1) is 20.7 Å². The van der Waals surface area contributed by atoms with E-state index in [-0.39, 0.29) is 11.2 Å². The molecule has 1 saturated heterocycles. The van der Waals surface area contributed by atoms with Crippen LogP contribution in [0.5, 0.6) is 0 Å². The van der Waals surface area contributed by atoms with Gasteiger partial charge < -0.3 is 5.32 Å². The van der Waals surface area contributed by atoms with Crippen LogP contribution in [0.2, 0.25) is 0 Å². The van der Waals surface area contributed by atoms with Crippen LogP contribution in [0.15, 0.2) is 58.5 Å². The highest BCUT2D eigenvalue weighted by molar-refractivity contribution is 8.00. The summed E-state index contributed by atoms with van der Waals surface area (Å²) in [6.07, 6.45) is 2.66. The first-order valence-corrected chi connectivity index (χ1v) is 13.6. The van der Waals surface area contributed by atoms with Crippen molar-refractivity contribution in [2.75, 3.05) is 18.4 Å². The van der Waals surface area contributed by atoms with E-state index in [0.29, 0.717) is 18.0 Å². The van der Waals surface area contributed by atoms with Crippen molar-refractivity contribution in [3.05, 3.63) is 59.7 Å². The van der Waals surface area contributed by atoms with Crippen molar-refractivity contribution in [2.24, 2.45) is 0 Å². The number of aryl methyl sites for hydroxylation is 2. The van der Waals surface area contributed by atoms with Gasteiger partial charge in [-0.3, -0.25) is 4.79 Å². The number of nitrogens with one attached hydrogen (secondary N) is 1. The molecular weight excluding hydrogens is 454 g/mol. The summed E-state index contributed by atoms with van der Waals surface area (Å²) in [5.74, 6) is -0.0764. The molecule has 0 unspecified atom stereocenters. The number of carbonyl (C=O) groups is 1. The predicted octanol–water partition coefficient (Wildman–Crippen LogP) is 5.01. The van der Waals surface area contributed by atoms with Gasteiger partial charge in [0.15, 0.2) is 0 Å².